The summed E-state index contributed by atoms with van der Waals surface area (Å²) in [6.07, 6.45) is 0. The summed E-state index contributed by atoms with van der Waals surface area (Å²) in [5.41, 5.74) is 2.10. The lowest BCUT2D eigenvalue weighted by Crippen LogP contribution is -2.33. The van der Waals surface area contributed by atoms with Crippen LogP contribution in [0.5, 0.6) is 0 Å². The zero-order valence-electron chi connectivity index (χ0n) is 14.0. The SMILES string of the molecule is O=C(CN1Cc2ccccc2C1=O)Nc1cc(-c2cc(F)cc(F)c2)[nH]n1. The van der Waals surface area contributed by atoms with Crippen LogP contribution >= 0.6 is 0 Å². The Kier molecular flexibility index (Phi) is 4.15. The first-order valence-corrected chi connectivity index (χ1v) is 8.18. The number of benzene rings is 2. The first kappa shape index (κ1) is 16.9. The molecule has 8 heteroatoms. The van der Waals surface area contributed by atoms with Crippen LogP contribution in [0, 0.1) is 11.6 Å². The van der Waals surface area contributed by atoms with Crippen LogP contribution in [-0.2, 0) is 11.3 Å². The number of aromatic nitrogens is 2. The van der Waals surface area contributed by atoms with E-state index in [1.165, 1.54) is 11.0 Å². The highest BCUT2D eigenvalue weighted by atomic mass is 19.1. The molecule has 0 saturated heterocycles. The minimum atomic E-state index is -0.711. The van der Waals surface area contributed by atoms with Gasteiger partial charge in [-0.1, -0.05) is 18.2 Å². The molecule has 1 aromatic heterocycles. The van der Waals surface area contributed by atoms with Crippen molar-refractivity contribution < 1.29 is 18.4 Å². The lowest BCUT2D eigenvalue weighted by molar-refractivity contribution is -0.116. The zero-order chi connectivity index (χ0) is 19.0. The molecule has 1 aliphatic rings. The molecule has 0 saturated carbocycles. The van der Waals surface area contributed by atoms with Gasteiger partial charge in [0.2, 0.25) is 5.91 Å². The van der Waals surface area contributed by atoms with Crippen molar-refractivity contribution in [3.05, 3.63) is 71.3 Å². The third-order valence-electron chi connectivity index (χ3n) is 4.25. The predicted molar refractivity (Wildman–Crippen MR) is 93.8 cm³/mol. The lowest BCUT2D eigenvalue weighted by atomic mass is 10.1. The lowest BCUT2D eigenvalue weighted by Gasteiger charge is -2.14. The highest BCUT2D eigenvalue weighted by Gasteiger charge is 2.28. The monoisotopic (exact) mass is 368 g/mol. The van der Waals surface area contributed by atoms with Crippen LogP contribution in [0.15, 0.2) is 48.5 Å². The Bertz CT molecular complexity index is 1030. The van der Waals surface area contributed by atoms with E-state index in [2.05, 4.69) is 15.5 Å². The number of amides is 2. The molecule has 27 heavy (non-hydrogen) atoms. The van der Waals surface area contributed by atoms with Gasteiger partial charge in [-0.15, -0.1) is 0 Å². The van der Waals surface area contributed by atoms with Crippen LogP contribution in [0.2, 0.25) is 0 Å². The van der Waals surface area contributed by atoms with Crippen LogP contribution in [0.4, 0.5) is 14.6 Å². The summed E-state index contributed by atoms with van der Waals surface area (Å²) in [5.74, 6) is -1.84. The molecule has 0 fully saturated rings. The second-order valence-electron chi connectivity index (χ2n) is 6.19. The van der Waals surface area contributed by atoms with E-state index in [1.54, 1.807) is 12.1 Å². The molecule has 2 heterocycles. The van der Waals surface area contributed by atoms with Gasteiger partial charge in [-0.05, 0) is 23.8 Å². The molecule has 0 unspecified atom stereocenters. The van der Waals surface area contributed by atoms with E-state index >= 15 is 0 Å². The van der Waals surface area contributed by atoms with Gasteiger partial charge in [0.15, 0.2) is 5.82 Å². The molecular formula is C19H14F2N4O2. The number of fused-ring (bicyclic) bond motifs is 1. The number of nitrogens with one attached hydrogen (secondary N) is 2. The van der Waals surface area contributed by atoms with E-state index in [0.717, 1.165) is 23.8 Å². The molecule has 136 valence electrons. The number of rotatable bonds is 4. The summed E-state index contributed by atoms with van der Waals surface area (Å²) in [6, 6.07) is 11.7. The molecule has 0 spiro atoms. The minimum Gasteiger partial charge on any atom is -0.325 e. The van der Waals surface area contributed by atoms with E-state index in [4.69, 9.17) is 0 Å². The largest absolute Gasteiger partial charge is 0.325 e. The number of aromatic amines is 1. The zero-order valence-corrected chi connectivity index (χ0v) is 14.0. The summed E-state index contributed by atoms with van der Waals surface area (Å²) >= 11 is 0. The maximum atomic E-state index is 13.3. The van der Waals surface area contributed by atoms with Crippen LogP contribution in [0.25, 0.3) is 11.3 Å². The van der Waals surface area contributed by atoms with Crippen LogP contribution in [0.3, 0.4) is 0 Å². The first-order valence-electron chi connectivity index (χ1n) is 8.18. The van der Waals surface area contributed by atoms with Gasteiger partial charge < -0.3 is 10.2 Å². The molecular weight excluding hydrogens is 354 g/mol. The molecule has 3 aromatic rings. The molecule has 2 N–H and O–H groups in total. The number of hydrogen-bond donors (Lipinski definition) is 2. The van der Waals surface area contributed by atoms with Gasteiger partial charge >= 0.3 is 0 Å². The fourth-order valence-electron chi connectivity index (χ4n) is 3.04. The fraction of sp³-hybridized carbons (Fsp3) is 0.105. The van der Waals surface area contributed by atoms with Gasteiger partial charge in [0.05, 0.1) is 5.69 Å². The normalized spacial score (nSPS) is 13.0. The standard InChI is InChI=1S/C19H14F2N4O2/c20-13-5-12(6-14(21)7-13)16-8-17(24-23-16)22-18(26)10-25-9-11-3-1-2-4-15(11)19(25)27/h1-8H,9-10H2,(H2,22,23,24,26). The highest BCUT2D eigenvalue weighted by molar-refractivity contribution is 6.02. The third kappa shape index (κ3) is 3.41. The second kappa shape index (κ2) is 6.64. The number of nitrogens with zero attached hydrogens (tertiary/aromatic N) is 2. The number of anilines is 1. The van der Waals surface area contributed by atoms with Crippen molar-refractivity contribution in [1.29, 1.82) is 0 Å². The quantitative estimate of drug-likeness (QED) is 0.743. The topological polar surface area (TPSA) is 78.1 Å². The van der Waals surface area contributed by atoms with Crippen LogP contribution in [0.1, 0.15) is 15.9 Å². The van der Waals surface area contributed by atoms with Crippen molar-refractivity contribution in [2.24, 2.45) is 0 Å². The maximum Gasteiger partial charge on any atom is 0.254 e. The molecule has 0 bridgehead atoms. The van der Waals surface area contributed by atoms with Crippen molar-refractivity contribution in [3.8, 4) is 11.3 Å². The van der Waals surface area contributed by atoms with Gasteiger partial charge in [-0.2, -0.15) is 5.10 Å². The van der Waals surface area contributed by atoms with E-state index in [9.17, 15) is 18.4 Å². The van der Waals surface area contributed by atoms with Gasteiger partial charge in [-0.3, -0.25) is 14.7 Å². The molecule has 0 aliphatic carbocycles. The average Bonchev–Trinajstić information content (AvgIpc) is 3.20. The molecule has 4 rings (SSSR count). The molecule has 1 aliphatic heterocycles. The van der Waals surface area contributed by atoms with Crippen molar-refractivity contribution >= 4 is 17.6 Å². The Morgan fingerprint density at radius 2 is 1.89 bits per heavy atom. The van der Waals surface area contributed by atoms with Crippen molar-refractivity contribution in [2.45, 2.75) is 6.54 Å². The van der Waals surface area contributed by atoms with Gasteiger partial charge in [0.1, 0.15) is 18.2 Å². The molecule has 0 radical (unpaired) electrons. The molecule has 6 nitrogen and oxygen atoms in total. The van der Waals surface area contributed by atoms with Crippen molar-refractivity contribution in [2.75, 3.05) is 11.9 Å². The summed E-state index contributed by atoms with van der Waals surface area (Å²) < 4.78 is 26.7. The number of H-pyrrole nitrogens is 1. The fourth-order valence-corrected chi connectivity index (χ4v) is 3.04. The number of carbonyl (C=O) groups is 2. The van der Waals surface area contributed by atoms with Crippen LogP contribution in [-0.4, -0.2) is 33.5 Å². The Balaban J connectivity index is 1.42. The Morgan fingerprint density at radius 3 is 2.63 bits per heavy atom. The second-order valence-corrected chi connectivity index (χ2v) is 6.19. The third-order valence-corrected chi connectivity index (χ3v) is 4.25. The summed E-state index contributed by atoms with van der Waals surface area (Å²) in [7, 11) is 0. The van der Waals surface area contributed by atoms with Gasteiger partial charge in [0.25, 0.3) is 5.91 Å². The van der Waals surface area contributed by atoms with Crippen molar-refractivity contribution in [3.63, 3.8) is 0 Å². The molecule has 2 amide bonds. The smallest absolute Gasteiger partial charge is 0.254 e. The van der Waals surface area contributed by atoms with Gasteiger partial charge in [-0.25, -0.2) is 8.78 Å². The Morgan fingerprint density at radius 1 is 1.15 bits per heavy atom. The maximum absolute atomic E-state index is 13.3. The van der Waals surface area contributed by atoms with Crippen LogP contribution < -0.4 is 5.32 Å². The first-order chi connectivity index (χ1) is 13.0. The summed E-state index contributed by atoms with van der Waals surface area (Å²) in [5, 5.41) is 9.11. The number of carbonyl (C=O) groups excluding carboxylic acids is 2. The van der Waals surface area contributed by atoms with E-state index < -0.39 is 17.5 Å². The van der Waals surface area contributed by atoms with E-state index in [0.29, 0.717) is 17.8 Å². The predicted octanol–water partition coefficient (Wildman–Crippen LogP) is 2.95. The molecule has 0 atom stereocenters. The van der Waals surface area contributed by atoms with Gasteiger partial charge in [0, 0.05) is 29.8 Å². The average molecular weight is 368 g/mol. The van der Waals surface area contributed by atoms with E-state index in [1.807, 2.05) is 12.1 Å². The summed E-state index contributed by atoms with van der Waals surface area (Å²) in [6.45, 7) is 0.251. The number of hydrogen-bond acceptors (Lipinski definition) is 3. The Labute approximate surface area is 152 Å². The summed E-state index contributed by atoms with van der Waals surface area (Å²) in [4.78, 5) is 26.0. The highest BCUT2D eigenvalue weighted by Crippen LogP contribution is 2.23. The molecule has 2 aromatic carbocycles. The minimum absolute atomic E-state index is 0.121. The number of halogens is 2. The van der Waals surface area contributed by atoms with E-state index in [-0.39, 0.29) is 23.8 Å². The van der Waals surface area contributed by atoms with Crippen molar-refractivity contribution in [1.82, 2.24) is 15.1 Å². The Hall–Kier alpha value is -3.55.